The van der Waals surface area contributed by atoms with Crippen molar-refractivity contribution in [2.75, 3.05) is 6.54 Å². The quantitative estimate of drug-likeness (QED) is 0.879. The number of nitrogens with zero attached hydrogens (tertiary/aromatic N) is 1. The van der Waals surface area contributed by atoms with Crippen molar-refractivity contribution in [3.05, 3.63) is 54.2 Å². The van der Waals surface area contributed by atoms with Crippen LogP contribution in [0.2, 0.25) is 0 Å². The van der Waals surface area contributed by atoms with E-state index < -0.39 is 5.41 Å². The zero-order valence-electron chi connectivity index (χ0n) is 13.6. The molecule has 1 fully saturated rings. The van der Waals surface area contributed by atoms with Crippen LogP contribution in [0.25, 0.3) is 0 Å². The van der Waals surface area contributed by atoms with Gasteiger partial charge < -0.3 is 15.1 Å². The molecule has 2 heterocycles. The molecule has 2 unspecified atom stereocenters. The summed E-state index contributed by atoms with van der Waals surface area (Å²) in [6.07, 6.45) is 4.57. The third-order valence-electron chi connectivity index (χ3n) is 4.47. The average molecular weight is 327 g/mol. The minimum absolute atomic E-state index is 0.00573. The molecule has 126 valence electrons. The Morgan fingerprint density at radius 2 is 2.21 bits per heavy atom. The van der Waals surface area contributed by atoms with Gasteiger partial charge in [-0.05, 0) is 18.9 Å². The van der Waals surface area contributed by atoms with Crippen LogP contribution in [0.15, 0.2) is 47.2 Å². The van der Waals surface area contributed by atoms with E-state index in [2.05, 4.69) is 15.6 Å². The molecule has 24 heavy (non-hydrogen) atoms. The Morgan fingerprint density at radius 1 is 1.42 bits per heavy atom. The number of hydrogen-bond acceptors (Lipinski definition) is 4. The summed E-state index contributed by atoms with van der Waals surface area (Å²) in [6.45, 7) is 2.22. The molecule has 2 atom stereocenters. The van der Waals surface area contributed by atoms with Gasteiger partial charge in [-0.25, -0.2) is 4.98 Å². The van der Waals surface area contributed by atoms with E-state index in [0.29, 0.717) is 31.7 Å². The lowest BCUT2D eigenvalue weighted by Crippen LogP contribution is -2.51. The van der Waals surface area contributed by atoms with Crippen molar-refractivity contribution < 1.29 is 14.0 Å². The number of carbonyl (C=O) groups excluding carboxylic acids is 2. The molecule has 2 N–H and O–H groups in total. The largest absolute Gasteiger partial charge is 0.447 e. The van der Waals surface area contributed by atoms with Crippen LogP contribution in [0.3, 0.4) is 0 Å². The number of piperidine rings is 1. The van der Waals surface area contributed by atoms with Crippen molar-refractivity contribution in [2.24, 2.45) is 5.41 Å². The van der Waals surface area contributed by atoms with Crippen LogP contribution >= 0.6 is 0 Å². The second kappa shape index (κ2) is 6.86. The van der Waals surface area contributed by atoms with E-state index >= 15 is 0 Å². The van der Waals surface area contributed by atoms with Gasteiger partial charge in [0, 0.05) is 19.4 Å². The van der Waals surface area contributed by atoms with E-state index in [1.54, 1.807) is 6.20 Å². The van der Waals surface area contributed by atoms with Crippen molar-refractivity contribution in [3.63, 3.8) is 0 Å². The zero-order valence-corrected chi connectivity index (χ0v) is 13.6. The molecule has 3 rings (SSSR count). The van der Waals surface area contributed by atoms with Gasteiger partial charge in [-0.15, -0.1) is 0 Å². The fourth-order valence-electron chi connectivity index (χ4n) is 2.84. The van der Waals surface area contributed by atoms with E-state index in [1.807, 2.05) is 37.3 Å². The summed E-state index contributed by atoms with van der Waals surface area (Å²) in [4.78, 5) is 28.3. The predicted octanol–water partition coefficient (Wildman–Crippen LogP) is 1.99. The maximum absolute atomic E-state index is 12.8. The summed E-state index contributed by atoms with van der Waals surface area (Å²) in [6, 6.07) is 9.54. The number of carbonyl (C=O) groups is 2. The molecule has 2 aromatic rings. The molecule has 6 nitrogen and oxygen atoms in total. The first-order valence-corrected chi connectivity index (χ1v) is 8.08. The van der Waals surface area contributed by atoms with Gasteiger partial charge in [0.05, 0.1) is 11.6 Å². The van der Waals surface area contributed by atoms with Crippen LogP contribution in [0.1, 0.15) is 37.3 Å². The molecule has 1 aromatic heterocycles. The number of aromatic nitrogens is 1. The molecule has 2 amide bonds. The molecule has 1 aromatic carbocycles. The summed E-state index contributed by atoms with van der Waals surface area (Å²) in [5.74, 6) is 0.381. The van der Waals surface area contributed by atoms with Crippen LogP contribution in [-0.4, -0.2) is 23.3 Å². The van der Waals surface area contributed by atoms with Gasteiger partial charge in [0.25, 0.3) is 0 Å². The highest BCUT2D eigenvalue weighted by atomic mass is 16.3. The standard InChI is InChI=1S/C18H21N3O3/c1-18(8-7-15(22)20-12-18)17(23)21-14(16-19-9-10-24-16)11-13-5-3-2-4-6-13/h2-6,9-10,14H,7-8,11-12H2,1H3,(H,20,22)(H,21,23). The first-order valence-electron chi connectivity index (χ1n) is 8.08. The maximum Gasteiger partial charge on any atom is 0.228 e. The SMILES string of the molecule is CC1(C(=O)NC(Cc2ccccc2)c2ncco2)CCC(=O)NC1. The van der Waals surface area contributed by atoms with Gasteiger partial charge in [0.1, 0.15) is 12.3 Å². The Morgan fingerprint density at radius 3 is 2.83 bits per heavy atom. The van der Waals surface area contributed by atoms with Crippen LogP contribution in [0.4, 0.5) is 0 Å². The minimum atomic E-state index is -0.616. The lowest BCUT2D eigenvalue weighted by atomic mass is 9.81. The third kappa shape index (κ3) is 3.64. The molecule has 1 aliphatic rings. The van der Waals surface area contributed by atoms with Gasteiger partial charge in [-0.3, -0.25) is 9.59 Å². The van der Waals surface area contributed by atoms with E-state index in [0.717, 1.165) is 5.56 Å². The van der Waals surface area contributed by atoms with Gasteiger partial charge in [0.15, 0.2) is 0 Å². The molecule has 1 saturated heterocycles. The molecule has 0 saturated carbocycles. The first kappa shape index (κ1) is 16.2. The summed E-state index contributed by atoms with van der Waals surface area (Å²) < 4.78 is 5.41. The lowest BCUT2D eigenvalue weighted by Gasteiger charge is -2.33. The van der Waals surface area contributed by atoms with Crippen LogP contribution in [0, 0.1) is 5.41 Å². The zero-order chi connectivity index (χ0) is 17.0. The van der Waals surface area contributed by atoms with Gasteiger partial charge in [-0.1, -0.05) is 30.3 Å². The summed E-state index contributed by atoms with van der Waals surface area (Å²) in [5.41, 5.74) is 0.471. The normalized spacial score (nSPS) is 21.8. The molecule has 6 heteroatoms. The topological polar surface area (TPSA) is 84.2 Å². The van der Waals surface area contributed by atoms with E-state index in [-0.39, 0.29) is 17.9 Å². The van der Waals surface area contributed by atoms with E-state index in [9.17, 15) is 9.59 Å². The van der Waals surface area contributed by atoms with E-state index in [1.165, 1.54) is 6.26 Å². The maximum atomic E-state index is 12.8. The number of oxazole rings is 1. The molecule has 0 radical (unpaired) electrons. The van der Waals surface area contributed by atoms with Crippen molar-refractivity contribution >= 4 is 11.8 Å². The Kier molecular flexibility index (Phi) is 4.64. The molecule has 0 spiro atoms. The summed E-state index contributed by atoms with van der Waals surface area (Å²) in [5, 5.41) is 5.82. The minimum Gasteiger partial charge on any atom is -0.447 e. The highest BCUT2D eigenvalue weighted by molar-refractivity contribution is 5.86. The number of hydrogen-bond donors (Lipinski definition) is 2. The van der Waals surface area contributed by atoms with Crippen LogP contribution in [0.5, 0.6) is 0 Å². The second-order valence-electron chi connectivity index (χ2n) is 6.42. The highest BCUT2D eigenvalue weighted by Crippen LogP contribution is 2.28. The number of rotatable bonds is 5. The fraction of sp³-hybridized carbons (Fsp3) is 0.389. The third-order valence-corrected chi connectivity index (χ3v) is 4.47. The molecular weight excluding hydrogens is 306 g/mol. The molecule has 0 bridgehead atoms. The smallest absolute Gasteiger partial charge is 0.228 e. The lowest BCUT2D eigenvalue weighted by molar-refractivity contribution is -0.135. The van der Waals surface area contributed by atoms with E-state index in [4.69, 9.17) is 4.42 Å². The summed E-state index contributed by atoms with van der Waals surface area (Å²) in [7, 11) is 0. The predicted molar refractivity (Wildman–Crippen MR) is 87.9 cm³/mol. The monoisotopic (exact) mass is 327 g/mol. The molecule has 0 aliphatic carbocycles. The fourth-order valence-corrected chi connectivity index (χ4v) is 2.84. The van der Waals surface area contributed by atoms with Gasteiger partial charge in [-0.2, -0.15) is 0 Å². The molecular formula is C18H21N3O3. The van der Waals surface area contributed by atoms with Crippen LogP contribution < -0.4 is 10.6 Å². The number of nitrogens with one attached hydrogen (secondary N) is 2. The van der Waals surface area contributed by atoms with Crippen molar-refractivity contribution in [1.82, 2.24) is 15.6 Å². The van der Waals surface area contributed by atoms with Crippen molar-refractivity contribution in [2.45, 2.75) is 32.2 Å². The van der Waals surface area contributed by atoms with Crippen LogP contribution in [-0.2, 0) is 16.0 Å². The molecule has 1 aliphatic heterocycles. The Hall–Kier alpha value is -2.63. The number of benzene rings is 1. The first-order chi connectivity index (χ1) is 11.6. The van der Waals surface area contributed by atoms with Gasteiger partial charge in [0.2, 0.25) is 17.7 Å². The van der Waals surface area contributed by atoms with Gasteiger partial charge >= 0.3 is 0 Å². The second-order valence-corrected chi connectivity index (χ2v) is 6.42. The van der Waals surface area contributed by atoms with Crippen molar-refractivity contribution in [3.8, 4) is 0 Å². The highest BCUT2D eigenvalue weighted by Gasteiger charge is 2.38. The van der Waals surface area contributed by atoms with Crippen molar-refractivity contribution in [1.29, 1.82) is 0 Å². The Bertz CT molecular complexity index is 688. The Labute approximate surface area is 140 Å². The average Bonchev–Trinajstić information content (AvgIpc) is 3.12. The Balaban J connectivity index is 1.74. The summed E-state index contributed by atoms with van der Waals surface area (Å²) >= 11 is 0. The number of amides is 2.